The predicted molar refractivity (Wildman–Crippen MR) is 51.4 cm³/mol. The summed E-state index contributed by atoms with van der Waals surface area (Å²) in [5.41, 5.74) is 0. The quantitative estimate of drug-likeness (QED) is 0.786. The van der Waals surface area contributed by atoms with Gasteiger partial charge in [0.2, 0.25) is 5.13 Å². The van der Waals surface area contributed by atoms with Crippen molar-refractivity contribution in [3.05, 3.63) is 5.01 Å². The molecule has 0 saturated carbocycles. The summed E-state index contributed by atoms with van der Waals surface area (Å²) < 4.78 is 24.2. The molecule has 0 bridgehead atoms. The second kappa shape index (κ2) is 4.86. The third-order valence-electron chi connectivity index (χ3n) is 1.42. The molecule has 0 saturated heterocycles. The van der Waals surface area contributed by atoms with E-state index in [9.17, 15) is 8.78 Å². The molecular weight excluding hydrogens is 208 g/mol. The average molecular weight is 217 g/mol. The Morgan fingerprint density at radius 1 is 1.57 bits per heavy atom. The maximum atomic E-state index is 12.1. The fraction of sp³-hybridized carbons (Fsp3) is 0.500. The number of rotatable bonds is 4. The summed E-state index contributed by atoms with van der Waals surface area (Å²) in [7, 11) is 0. The Morgan fingerprint density at radius 3 is 2.79 bits per heavy atom. The SMILES string of the molecule is C#CCC(C)Nc1nnc(C(F)F)s1. The van der Waals surface area contributed by atoms with Crippen LogP contribution in [0.5, 0.6) is 0 Å². The summed E-state index contributed by atoms with van der Waals surface area (Å²) in [6.07, 6.45) is 3.05. The predicted octanol–water partition coefficient (Wildman–Crippen LogP) is 2.30. The van der Waals surface area contributed by atoms with Crippen LogP contribution < -0.4 is 5.32 Å². The number of halogens is 2. The molecule has 0 aliphatic heterocycles. The summed E-state index contributed by atoms with van der Waals surface area (Å²) >= 11 is 0.843. The molecule has 1 rings (SSSR count). The van der Waals surface area contributed by atoms with E-state index >= 15 is 0 Å². The molecule has 0 aliphatic carbocycles. The Balaban J connectivity index is 2.56. The molecular formula is C8H9F2N3S. The zero-order valence-electron chi connectivity index (χ0n) is 7.50. The lowest BCUT2D eigenvalue weighted by Gasteiger charge is -2.07. The van der Waals surface area contributed by atoms with Crippen LogP contribution in [0.4, 0.5) is 13.9 Å². The van der Waals surface area contributed by atoms with Crippen molar-refractivity contribution in [3.8, 4) is 12.3 Å². The molecule has 1 heterocycles. The van der Waals surface area contributed by atoms with Gasteiger partial charge in [-0.05, 0) is 6.92 Å². The van der Waals surface area contributed by atoms with Crippen LogP contribution in [-0.2, 0) is 0 Å². The van der Waals surface area contributed by atoms with E-state index in [1.54, 1.807) is 0 Å². The number of aromatic nitrogens is 2. The number of terminal acetylenes is 1. The van der Waals surface area contributed by atoms with Crippen molar-refractivity contribution in [2.45, 2.75) is 25.8 Å². The highest BCUT2D eigenvalue weighted by Gasteiger charge is 2.14. The maximum Gasteiger partial charge on any atom is 0.291 e. The lowest BCUT2D eigenvalue weighted by Crippen LogP contribution is -2.13. The van der Waals surface area contributed by atoms with Gasteiger partial charge in [0.25, 0.3) is 6.43 Å². The highest BCUT2D eigenvalue weighted by atomic mass is 32.1. The van der Waals surface area contributed by atoms with Gasteiger partial charge in [0.1, 0.15) is 0 Å². The van der Waals surface area contributed by atoms with Crippen LogP contribution >= 0.6 is 11.3 Å². The van der Waals surface area contributed by atoms with Gasteiger partial charge in [-0.25, -0.2) is 8.78 Å². The first-order valence-electron chi connectivity index (χ1n) is 3.95. The number of anilines is 1. The van der Waals surface area contributed by atoms with Crippen LogP contribution in [0.3, 0.4) is 0 Å². The van der Waals surface area contributed by atoms with Gasteiger partial charge in [0.15, 0.2) is 5.01 Å². The molecule has 3 nitrogen and oxygen atoms in total. The molecule has 1 aromatic rings. The minimum atomic E-state index is -2.56. The first-order chi connectivity index (χ1) is 6.63. The van der Waals surface area contributed by atoms with Crippen molar-refractivity contribution in [1.29, 1.82) is 0 Å². The molecule has 0 amide bonds. The minimum absolute atomic E-state index is 0.0125. The fourth-order valence-electron chi connectivity index (χ4n) is 0.820. The summed E-state index contributed by atoms with van der Waals surface area (Å²) in [4.78, 5) is 0. The van der Waals surface area contributed by atoms with Crippen LogP contribution in [0.2, 0.25) is 0 Å². The third kappa shape index (κ3) is 2.92. The van der Waals surface area contributed by atoms with Crippen LogP contribution in [0.1, 0.15) is 24.8 Å². The molecule has 0 radical (unpaired) electrons. The van der Waals surface area contributed by atoms with Crippen molar-refractivity contribution >= 4 is 16.5 Å². The zero-order chi connectivity index (χ0) is 10.6. The van der Waals surface area contributed by atoms with Crippen LogP contribution in [0, 0.1) is 12.3 Å². The lowest BCUT2D eigenvalue weighted by atomic mass is 10.2. The molecule has 6 heteroatoms. The number of alkyl halides is 2. The van der Waals surface area contributed by atoms with Gasteiger partial charge in [0.05, 0.1) is 0 Å². The first-order valence-corrected chi connectivity index (χ1v) is 4.76. The van der Waals surface area contributed by atoms with Crippen molar-refractivity contribution in [1.82, 2.24) is 10.2 Å². The third-order valence-corrected chi connectivity index (χ3v) is 2.28. The molecule has 1 atom stereocenters. The van der Waals surface area contributed by atoms with Crippen molar-refractivity contribution < 1.29 is 8.78 Å². The largest absolute Gasteiger partial charge is 0.357 e. The Hall–Kier alpha value is -1.22. The second-order valence-corrected chi connectivity index (χ2v) is 3.71. The van der Waals surface area contributed by atoms with Gasteiger partial charge in [-0.3, -0.25) is 0 Å². The van der Waals surface area contributed by atoms with Crippen molar-refractivity contribution in [3.63, 3.8) is 0 Å². The maximum absolute atomic E-state index is 12.1. The van der Waals surface area contributed by atoms with E-state index in [4.69, 9.17) is 6.42 Å². The minimum Gasteiger partial charge on any atom is -0.357 e. The van der Waals surface area contributed by atoms with Crippen LogP contribution in [0.25, 0.3) is 0 Å². The molecule has 0 fully saturated rings. The highest BCUT2D eigenvalue weighted by molar-refractivity contribution is 7.15. The van der Waals surface area contributed by atoms with E-state index in [-0.39, 0.29) is 11.0 Å². The molecule has 14 heavy (non-hydrogen) atoms. The van der Waals surface area contributed by atoms with E-state index in [0.717, 1.165) is 11.3 Å². The Kier molecular flexibility index (Phi) is 3.77. The summed E-state index contributed by atoms with van der Waals surface area (Å²) in [6.45, 7) is 1.85. The second-order valence-electron chi connectivity index (χ2n) is 2.70. The van der Waals surface area contributed by atoms with Gasteiger partial charge in [-0.1, -0.05) is 11.3 Å². The van der Waals surface area contributed by atoms with E-state index in [1.165, 1.54) is 0 Å². The number of nitrogens with zero attached hydrogens (tertiary/aromatic N) is 2. The average Bonchev–Trinajstić information content (AvgIpc) is 2.53. The van der Waals surface area contributed by atoms with E-state index < -0.39 is 6.43 Å². The van der Waals surface area contributed by atoms with Gasteiger partial charge < -0.3 is 5.32 Å². The van der Waals surface area contributed by atoms with Crippen LogP contribution in [-0.4, -0.2) is 16.2 Å². The van der Waals surface area contributed by atoms with Crippen molar-refractivity contribution in [2.24, 2.45) is 0 Å². The normalized spacial score (nSPS) is 12.5. The van der Waals surface area contributed by atoms with E-state index in [0.29, 0.717) is 11.6 Å². The molecule has 0 aliphatic rings. The summed E-state index contributed by atoms with van der Waals surface area (Å²) in [5.74, 6) is 2.46. The number of nitrogens with one attached hydrogen (secondary N) is 1. The molecule has 0 spiro atoms. The topological polar surface area (TPSA) is 37.8 Å². The zero-order valence-corrected chi connectivity index (χ0v) is 8.31. The van der Waals surface area contributed by atoms with E-state index in [2.05, 4.69) is 21.4 Å². The van der Waals surface area contributed by atoms with E-state index in [1.807, 2.05) is 6.92 Å². The van der Waals surface area contributed by atoms with Crippen molar-refractivity contribution in [2.75, 3.05) is 5.32 Å². The lowest BCUT2D eigenvalue weighted by molar-refractivity contribution is 0.150. The molecule has 1 unspecified atom stereocenters. The van der Waals surface area contributed by atoms with Gasteiger partial charge >= 0.3 is 0 Å². The Labute approximate surface area is 84.5 Å². The monoisotopic (exact) mass is 217 g/mol. The summed E-state index contributed by atoms with van der Waals surface area (Å²) in [6, 6.07) is 0.0125. The smallest absolute Gasteiger partial charge is 0.291 e. The first kappa shape index (κ1) is 10.9. The number of hydrogen-bond donors (Lipinski definition) is 1. The summed E-state index contributed by atoms with van der Waals surface area (Å²) in [5, 5.41) is 9.89. The van der Waals surface area contributed by atoms with Gasteiger partial charge in [-0.2, -0.15) is 0 Å². The molecule has 76 valence electrons. The molecule has 0 aromatic carbocycles. The Morgan fingerprint density at radius 2 is 2.29 bits per heavy atom. The van der Waals surface area contributed by atoms with Gasteiger partial charge in [-0.15, -0.1) is 22.5 Å². The van der Waals surface area contributed by atoms with Crippen LogP contribution in [0.15, 0.2) is 0 Å². The molecule has 1 aromatic heterocycles. The Bertz CT molecular complexity index is 332. The highest BCUT2D eigenvalue weighted by Crippen LogP contribution is 2.25. The standard InChI is InChI=1S/C8H9F2N3S/c1-3-4-5(2)11-8-13-12-7(14-8)6(9)10/h1,5-6H,4H2,2H3,(H,11,13). The number of hydrogen-bond acceptors (Lipinski definition) is 4. The molecule has 1 N–H and O–H groups in total. The fourth-order valence-corrected chi connectivity index (χ4v) is 1.53. The van der Waals surface area contributed by atoms with Gasteiger partial charge in [0, 0.05) is 12.5 Å².